The molecule has 0 spiro atoms. The van der Waals surface area contributed by atoms with E-state index in [1.54, 1.807) is 0 Å². The van der Waals surface area contributed by atoms with Crippen molar-refractivity contribution in [2.45, 2.75) is 33.2 Å². The Morgan fingerprint density at radius 2 is 2.14 bits per heavy atom. The first-order valence-electron chi connectivity index (χ1n) is 5.43. The van der Waals surface area contributed by atoms with Gasteiger partial charge in [-0.25, -0.2) is 0 Å². The molecule has 0 amide bonds. The Kier molecular flexibility index (Phi) is 4.66. The van der Waals surface area contributed by atoms with E-state index in [1.807, 2.05) is 23.1 Å². The van der Waals surface area contributed by atoms with Gasteiger partial charge in [-0.05, 0) is 24.9 Å². The van der Waals surface area contributed by atoms with Gasteiger partial charge >= 0.3 is 0 Å². The Labute approximate surface area is 86.5 Å². The van der Waals surface area contributed by atoms with Crippen LogP contribution in [0.4, 0.5) is 0 Å². The van der Waals surface area contributed by atoms with Crippen molar-refractivity contribution in [1.82, 2.24) is 15.1 Å². The molecule has 0 aromatic carbocycles. The molecule has 0 fully saturated rings. The van der Waals surface area contributed by atoms with Crippen LogP contribution in [0.15, 0.2) is 18.5 Å². The molecule has 1 N–H and O–H groups in total. The standard InChI is InChI=1S/C11H21N3/c1-4-11(9-12-8-10(2)3)14-7-5-6-13-14/h5-7,10-12H,4,8-9H2,1-3H3. The third kappa shape index (κ3) is 3.50. The molecule has 0 bridgehead atoms. The normalized spacial score (nSPS) is 13.4. The van der Waals surface area contributed by atoms with Crippen LogP contribution in [0.25, 0.3) is 0 Å². The molecule has 1 aromatic heterocycles. The Hall–Kier alpha value is -0.830. The molecule has 80 valence electrons. The topological polar surface area (TPSA) is 29.9 Å². The first kappa shape index (κ1) is 11.2. The molecule has 0 aliphatic heterocycles. The van der Waals surface area contributed by atoms with Gasteiger partial charge in [0, 0.05) is 18.9 Å². The fourth-order valence-corrected chi connectivity index (χ4v) is 1.46. The van der Waals surface area contributed by atoms with Crippen LogP contribution < -0.4 is 5.32 Å². The zero-order chi connectivity index (χ0) is 10.4. The number of nitrogens with zero attached hydrogens (tertiary/aromatic N) is 2. The molecule has 1 atom stereocenters. The van der Waals surface area contributed by atoms with E-state index >= 15 is 0 Å². The van der Waals surface area contributed by atoms with Crippen molar-refractivity contribution < 1.29 is 0 Å². The molecular formula is C11H21N3. The largest absolute Gasteiger partial charge is 0.314 e. The Morgan fingerprint density at radius 1 is 1.36 bits per heavy atom. The highest BCUT2D eigenvalue weighted by Gasteiger charge is 2.07. The molecule has 3 nitrogen and oxygen atoms in total. The van der Waals surface area contributed by atoms with E-state index in [9.17, 15) is 0 Å². The minimum Gasteiger partial charge on any atom is -0.314 e. The molecule has 0 radical (unpaired) electrons. The fourth-order valence-electron chi connectivity index (χ4n) is 1.46. The zero-order valence-electron chi connectivity index (χ0n) is 9.40. The average Bonchev–Trinajstić information content (AvgIpc) is 2.64. The van der Waals surface area contributed by atoms with Gasteiger partial charge in [0.1, 0.15) is 0 Å². The van der Waals surface area contributed by atoms with E-state index < -0.39 is 0 Å². The minimum atomic E-state index is 0.490. The molecule has 0 saturated carbocycles. The summed E-state index contributed by atoms with van der Waals surface area (Å²) in [6.45, 7) is 8.74. The molecular weight excluding hydrogens is 174 g/mol. The van der Waals surface area contributed by atoms with Crippen LogP contribution in [0.2, 0.25) is 0 Å². The minimum absolute atomic E-state index is 0.490. The third-order valence-corrected chi connectivity index (χ3v) is 2.30. The Balaban J connectivity index is 2.33. The number of nitrogens with one attached hydrogen (secondary N) is 1. The highest BCUT2D eigenvalue weighted by molar-refractivity contribution is 4.82. The van der Waals surface area contributed by atoms with Crippen molar-refractivity contribution in [3.05, 3.63) is 18.5 Å². The van der Waals surface area contributed by atoms with Gasteiger partial charge in [0.05, 0.1) is 6.04 Å². The maximum atomic E-state index is 4.26. The van der Waals surface area contributed by atoms with E-state index in [1.165, 1.54) is 0 Å². The van der Waals surface area contributed by atoms with Gasteiger partial charge in [0.2, 0.25) is 0 Å². The summed E-state index contributed by atoms with van der Waals surface area (Å²) < 4.78 is 2.04. The van der Waals surface area contributed by atoms with Crippen molar-refractivity contribution in [1.29, 1.82) is 0 Å². The van der Waals surface area contributed by atoms with Gasteiger partial charge in [0.25, 0.3) is 0 Å². The smallest absolute Gasteiger partial charge is 0.0640 e. The molecule has 14 heavy (non-hydrogen) atoms. The summed E-state index contributed by atoms with van der Waals surface area (Å²) in [6.07, 6.45) is 4.99. The van der Waals surface area contributed by atoms with Crippen LogP contribution in [0.5, 0.6) is 0 Å². The lowest BCUT2D eigenvalue weighted by Gasteiger charge is -2.17. The summed E-state index contributed by atoms with van der Waals surface area (Å²) in [4.78, 5) is 0. The first-order valence-corrected chi connectivity index (χ1v) is 5.43. The van der Waals surface area contributed by atoms with E-state index in [0.717, 1.165) is 19.5 Å². The zero-order valence-corrected chi connectivity index (χ0v) is 9.40. The average molecular weight is 195 g/mol. The number of rotatable bonds is 6. The van der Waals surface area contributed by atoms with Gasteiger partial charge in [-0.2, -0.15) is 5.10 Å². The summed E-state index contributed by atoms with van der Waals surface area (Å²) in [5, 5.41) is 7.73. The van der Waals surface area contributed by atoms with E-state index in [4.69, 9.17) is 0 Å². The molecule has 1 unspecified atom stereocenters. The SMILES string of the molecule is CCC(CNCC(C)C)n1cccn1. The van der Waals surface area contributed by atoms with E-state index in [2.05, 4.69) is 31.2 Å². The van der Waals surface area contributed by atoms with Gasteiger partial charge < -0.3 is 5.32 Å². The molecule has 0 aliphatic carbocycles. The Morgan fingerprint density at radius 3 is 2.64 bits per heavy atom. The van der Waals surface area contributed by atoms with E-state index in [0.29, 0.717) is 12.0 Å². The molecule has 0 saturated heterocycles. The quantitative estimate of drug-likeness (QED) is 0.753. The lowest BCUT2D eigenvalue weighted by molar-refractivity contribution is 0.399. The van der Waals surface area contributed by atoms with E-state index in [-0.39, 0.29) is 0 Å². The second kappa shape index (κ2) is 5.81. The number of aromatic nitrogens is 2. The molecule has 0 aliphatic rings. The first-order chi connectivity index (χ1) is 6.74. The summed E-state index contributed by atoms with van der Waals surface area (Å²) in [5.41, 5.74) is 0. The highest BCUT2D eigenvalue weighted by Crippen LogP contribution is 2.07. The van der Waals surface area contributed by atoms with Gasteiger partial charge in [-0.1, -0.05) is 20.8 Å². The van der Waals surface area contributed by atoms with Gasteiger partial charge in [-0.3, -0.25) is 4.68 Å². The lowest BCUT2D eigenvalue weighted by atomic mass is 10.2. The van der Waals surface area contributed by atoms with Crippen LogP contribution >= 0.6 is 0 Å². The summed E-state index contributed by atoms with van der Waals surface area (Å²) >= 11 is 0. The third-order valence-electron chi connectivity index (χ3n) is 2.30. The monoisotopic (exact) mass is 195 g/mol. The maximum Gasteiger partial charge on any atom is 0.0640 e. The van der Waals surface area contributed by atoms with Crippen LogP contribution in [0.1, 0.15) is 33.2 Å². The second-order valence-electron chi connectivity index (χ2n) is 4.10. The summed E-state index contributed by atoms with van der Waals surface area (Å²) in [6, 6.07) is 2.47. The van der Waals surface area contributed by atoms with Crippen LogP contribution in [0.3, 0.4) is 0 Å². The van der Waals surface area contributed by atoms with Crippen LogP contribution in [-0.4, -0.2) is 22.9 Å². The highest BCUT2D eigenvalue weighted by atomic mass is 15.3. The van der Waals surface area contributed by atoms with Gasteiger partial charge in [-0.15, -0.1) is 0 Å². The van der Waals surface area contributed by atoms with Crippen molar-refractivity contribution >= 4 is 0 Å². The van der Waals surface area contributed by atoms with Crippen molar-refractivity contribution in [3.8, 4) is 0 Å². The predicted octanol–water partition coefficient (Wildman–Crippen LogP) is 2.08. The summed E-state index contributed by atoms with van der Waals surface area (Å²) in [5.74, 6) is 0.713. The second-order valence-corrected chi connectivity index (χ2v) is 4.10. The Bertz CT molecular complexity index is 229. The van der Waals surface area contributed by atoms with Crippen molar-refractivity contribution in [2.24, 2.45) is 5.92 Å². The molecule has 3 heteroatoms. The lowest BCUT2D eigenvalue weighted by Crippen LogP contribution is -2.28. The predicted molar refractivity (Wildman–Crippen MR) is 59.3 cm³/mol. The van der Waals surface area contributed by atoms with Crippen molar-refractivity contribution in [3.63, 3.8) is 0 Å². The number of hydrogen-bond donors (Lipinski definition) is 1. The van der Waals surface area contributed by atoms with Gasteiger partial charge in [0.15, 0.2) is 0 Å². The van der Waals surface area contributed by atoms with Crippen molar-refractivity contribution in [2.75, 3.05) is 13.1 Å². The van der Waals surface area contributed by atoms with Crippen LogP contribution in [0, 0.1) is 5.92 Å². The fraction of sp³-hybridized carbons (Fsp3) is 0.727. The molecule has 1 aromatic rings. The van der Waals surface area contributed by atoms with Crippen LogP contribution in [-0.2, 0) is 0 Å². The maximum absolute atomic E-state index is 4.26. The molecule has 1 rings (SSSR count). The molecule has 1 heterocycles. The summed E-state index contributed by atoms with van der Waals surface area (Å²) in [7, 11) is 0. The number of hydrogen-bond acceptors (Lipinski definition) is 2.